The molecule has 4 atom stereocenters. The monoisotopic (exact) mass is 204 g/mol. The maximum absolute atomic E-state index is 9.88. The van der Waals surface area contributed by atoms with Crippen LogP contribution >= 0.6 is 0 Å². The zero-order valence-corrected chi connectivity index (χ0v) is 9.32. The third kappa shape index (κ3) is 2.25. The quantitative estimate of drug-likeness (QED) is 0.742. The summed E-state index contributed by atoms with van der Waals surface area (Å²) in [4.78, 5) is 0. The van der Waals surface area contributed by atoms with Crippen molar-refractivity contribution in [2.75, 3.05) is 13.7 Å². The van der Waals surface area contributed by atoms with Crippen LogP contribution in [0.2, 0.25) is 0 Å². The number of hydrogen-bond donors (Lipinski definition) is 1. The van der Waals surface area contributed by atoms with E-state index in [2.05, 4.69) is 0 Å². The average Bonchev–Trinajstić information content (AvgIpc) is 2.15. The summed E-state index contributed by atoms with van der Waals surface area (Å²) in [5.41, 5.74) is -0.572. The van der Waals surface area contributed by atoms with Crippen molar-refractivity contribution in [2.45, 2.75) is 51.3 Å². The maximum atomic E-state index is 9.88. The Bertz CT molecular complexity index is 185. The van der Waals surface area contributed by atoms with Crippen LogP contribution in [0.25, 0.3) is 0 Å². The highest BCUT2D eigenvalue weighted by molar-refractivity contribution is 4.92. The highest BCUT2D eigenvalue weighted by atomic mass is 16.7. The summed E-state index contributed by atoms with van der Waals surface area (Å²) in [6.07, 6.45) is -0.583. The molecule has 0 amide bonds. The molecule has 1 rings (SSSR count). The molecule has 4 nitrogen and oxygen atoms in total. The van der Waals surface area contributed by atoms with E-state index in [1.165, 1.54) is 0 Å². The number of rotatable bonds is 3. The van der Waals surface area contributed by atoms with E-state index < -0.39 is 11.7 Å². The molecule has 4 heteroatoms. The Morgan fingerprint density at radius 3 is 2.71 bits per heavy atom. The molecule has 0 spiro atoms. The lowest BCUT2D eigenvalue weighted by Crippen LogP contribution is -2.56. The van der Waals surface area contributed by atoms with Crippen molar-refractivity contribution in [2.24, 2.45) is 0 Å². The standard InChI is InChI=1S/C10H20O4/c1-5-13-8-6-10(3,12-4)9(11)7(2)14-8/h7-9,11H,5-6H2,1-4H3/t7-,8+,9-,10+/m0/s1. The van der Waals surface area contributed by atoms with Gasteiger partial charge in [-0.3, -0.25) is 0 Å². The summed E-state index contributed by atoms with van der Waals surface area (Å²) < 4.78 is 16.2. The SMILES string of the molecule is CCO[C@H]1C[C@@](C)(OC)[C@@H](O)[C@H](C)O1. The Morgan fingerprint density at radius 2 is 2.21 bits per heavy atom. The molecule has 84 valence electrons. The van der Waals surface area contributed by atoms with Crippen molar-refractivity contribution in [3.8, 4) is 0 Å². The molecule has 1 aliphatic heterocycles. The lowest BCUT2D eigenvalue weighted by Gasteiger charge is -2.44. The molecule has 0 bridgehead atoms. The minimum Gasteiger partial charge on any atom is -0.387 e. The smallest absolute Gasteiger partial charge is 0.160 e. The van der Waals surface area contributed by atoms with Gasteiger partial charge in [-0.05, 0) is 20.8 Å². The van der Waals surface area contributed by atoms with Crippen LogP contribution in [-0.4, -0.2) is 42.9 Å². The molecular formula is C10H20O4. The summed E-state index contributed by atoms with van der Waals surface area (Å²) in [6, 6.07) is 0. The number of aliphatic hydroxyl groups is 1. The van der Waals surface area contributed by atoms with Gasteiger partial charge in [0.25, 0.3) is 0 Å². The molecule has 1 saturated heterocycles. The maximum Gasteiger partial charge on any atom is 0.160 e. The fourth-order valence-corrected chi connectivity index (χ4v) is 1.80. The number of aliphatic hydroxyl groups excluding tert-OH is 1. The highest BCUT2D eigenvalue weighted by Gasteiger charge is 2.44. The van der Waals surface area contributed by atoms with Crippen LogP contribution in [0.1, 0.15) is 27.2 Å². The Hall–Kier alpha value is -0.160. The van der Waals surface area contributed by atoms with Crippen molar-refractivity contribution in [3.05, 3.63) is 0 Å². The molecule has 1 N–H and O–H groups in total. The molecule has 0 aromatic rings. The third-order valence-electron chi connectivity index (χ3n) is 2.83. The van der Waals surface area contributed by atoms with Gasteiger partial charge in [0.2, 0.25) is 0 Å². The van der Waals surface area contributed by atoms with E-state index in [0.717, 1.165) is 0 Å². The van der Waals surface area contributed by atoms with Crippen molar-refractivity contribution >= 4 is 0 Å². The van der Waals surface area contributed by atoms with Crippen molar-refractivity contribution in [1.29, 1.82) is 0 Å². The van der Waals surface area contributed by atoms with Crippen molar-refractivity contribution in [3.63, 3.8) is 0 Å². The van der Waals surface area contributed by atoms with Gasteiger partial charge in [-0.25, -0.2) is 0 Å². The summed E-state index contributed by atoms with van der Waals surface area (Å²) in [5.74, 6) is 0. The predicted molar refractivity (Wildman–Crippen MR) is 52.0 cm³/mol. The molecular weight excluding hydrogens is 184 g/mol. The van der Waals surface area contributed by atoms with Gasteiger partial charge < -0.3 is 19.3 Å². The van der Waals surface area contributed by atoms with Gasteiger partial charge in [-0.2, -0.15) is 0 Å². The zero-order valence-electron chi connectivity index (χ0n) is 9.32. The second kappa shape index (κ2) is 4.57. The van der Waals surface area contributed by atoms with E-state index in [-0.39, 0.29) is 12.4 Å². The normalized spacial score (nSPS) is 43.9. The minimum atomic E-state index is -0.607. The van der Waals surface area contributed by atoms with E-state index in [1.54, 1.807) is 7.11 Å². The van der Waals surface area contributed by atoms with E-state index in [1.807, 2.05) is 20.8 Å². The predicted octanol–water partition coefficient (Wildman–Crippen LogP) is 0.924. The first-order valence-corrected chi connectivity index (χ1v) is 5.03. The van der Waals surface area contributed by atoms with Gasteiger partial charge in [0, 0.05) is 20.1 Å². The molecule has 1 aliphatic rings. The van der Waals surface area contributed by atoms with E-state index in [9.17, 15) is 5.11 Å². The van der Waals surface area contributed by atoms with Gasteiger partial charge in [-0.15, -0.1) is 0 Å². The number of ether oxygens (including phenoxy) is 3. The molecule has 1 heterocycles. The molecule has 0 radical (unpaired) electrons. The Kier molecular flexibility index (Phi) is 3.89. The van der Waals surface area contributed by atoms with Crippen LogP contribution in [0.5, 0.6) is 0 Å². The molecule has 0 aromatic carbocycles. The van der Waals surface area contributed by atoms with Crippen LogP contribution in [0, 0.1) is 0 Å². The van der Waals surface area contributed by atoms with Gasteiger partial charge in [0.15, 0.2) is 6.29 Å². The lowest BCUT2D eigenvalue weighted by molar-refractivity contribution is -0.276. The summed E-state index contributed by atoms with van der Waals surface area (Å²) in [5, 5.41) is 9.88. The zero-order chi connectivity index (χ0) is 10.8. The Balaban J connectivity index is 2.66. The lowest BCUT2D eigenvalue weighted by atomic mass is 9.88. The minimum absolute atomic E-state index is 0.259. The van der Waals surface area contributed by atoms with Gasteiger partial charge in [0.1, 0.15) is 6.10 Å². The van der Waals surface area contributed by atoms with Gasteiger partial charge in [-0.1, -0.05) is 0 Å². The summed E-state index contributed by atoms with van der Waals surface area (Å²) in [6.45, 7) is 6.23. The first-order valence-electron chi connectivity index (χ1n) is 5.03. The molecule has 0 unspecified atom stereocenters. The van der Waals surface area contributed by atoms with Crippen molar-refractivity contribution in [1.82, 2.24) is 0 Å². The van der Waals surface area contributed by atoms with E-state index in [0.29, 0.717) is 13.0 Å². The topological polar surface area (TPSA) is 47.9 Å². The highest BCUT2D eigenvalue weighted by Crippen LogP contribution is 2.32. The van der Waals surface area contributed by atoms with Crippen LogP contribution in [0.15, 0.2) is 0 Å². The van der Waals surface area contributed by atoms with E-state index >= 15 is 0 Å². The van der Waals surface area contributed by atoms with E-state index in [4.69, 9.17) is 14.2 Å². The summed E-state index contributed by atoms with van der Waals surface area (Å²) >= 11 is 0. The molecule has 0 saturated carbocycles. The van der Waals surface area contributed by atoms with Gasteiger partial charge >= 0.3 is 0 Å². The average molecular weight is 204 g/mol. The molecule has 1 fully saturated rings. The van der Waals surface area contributed by atoms with Crippen LogP contribution in [-0.2, 0) is 14.2 Å². The second-order valence-electron chi connectivity index (χ2n) is 3.89. The fourth-order valence-electron chi connectivity index (χ4n) is 1.80. The Labute approximate surface area is 85.2 Å². The Morgan fingerprint density at radius 1 is 1.57 bits per heavy atom. The fraction of sp³-hybridized carbons (Fsp3) is 1.00. The van der Waals surface area contributed by atoms with Crippen LogP contribution in [0.3, 0.4) is 0 Å². The van der Waals surface area contributed by atoms with Crippen LogP contribution < -0.4 is 0 Å². The molecule has 0 aromatic heterocycles. The third-order valence-corrected chi connectivity index (χ3v) is 2.83. The van der Waals surface area contributed by atoms with Crippen LogP contribution in [0.4, 0.5) is 0 Å². The largest absolute Gasteiger partial charge is 0.387 e. The second-order valence-corrected chi connectivity index (χ2v) is 3.89. The molecule has 0 aliphatic carbocycles. The first kappa shape index (κ1) is 11.9. The number of methoxy groups -OCH3 is 1. The molecule has 14 heavy (non-hydrogen) atoms. The van der Waals surface area contributed by atoms with Gasteiger partial charge in [0.05, 0.1) is 11.7 Å². The number of hydrogen-bond acceptors (Lipinski definition) is 4. The van der Waals surface area contributed by atoms with Crippen molar-refractivity contribution < 1.29 is 19.3 Å². The summed E-state index contributed by atoms with van der Waals surface area (Å²) in [7, 11) is 1.60. The first-order chi connectivity index (χ1) is 6.53.